The molecule has 2 saturated heterocycles. The van der Waals surface area contributed by atoms with E-state index in [0.717, 1.165) is 55.1 Å². The van der Waals surface area contributed by atoms with Crippen molar-refractivity contribution in [3.63, 3.8) is 0 Å². The van der Waals surface area contributed by atoms with Crippen molar-refractivity contribution in [3.8, 4) is 11.1 Å². The molecular weight excluding hydrogens is 921 g/mol. The first-order valence-electron chi connectivity index (χ1n) is 21.7. The monoisotopic (exact) mass is 972 g/mol. The minimum Gasteiger partial charge on any atom is -0.380 e. The van der Waals surface area contributed by atoms with Crippen molar-refractivity contribution < 1.29 is 34.7 Å². The molecule has 1 aromatic heterocycles. The number of hydrogen-bond donors (Lipinski definition) is 2. The molecule has 20 heteroatoms. The molecule has 3 aliphatic heterocycles. The van der Waals surface area contributed by atoms with E-state index in [-0.39, 0.29) is 11.6 Å². The SMILES string of the molecule is O=S(=O)(Nc1nnc2n1CCN(C1CCN(Cc3ccccc3-c3ccc(Cl)cc3)CC1)CC2)c1ccc(N[C@H](CCN2CCOCC2)CSc2ccccc2)c(S(=O)(=O)C(F)(F)F)c1. The van der Waals surface area contributed by atoms with Gasteiger partial charge in [-0.3, -0.25) is 19.3 Å². The van der Waals surface area contributed by atoms with E-state index >= 15 is 0 Å². The third kappa shape index (κ3) is 11.7. The number of aromatic nitrogens is 3. The number of hydrogen-bond acceptors (Lipinski definition) is 12. The molecule has 0 amide bonds. The van der Waals surface area contributed by atoms with Gasteiger partial charge in [-0.1, -0.05) is 66.2 Å². The molecule has 4 aromatic carbocycles. The molecule has 5 aromatic rings. The van der Waals surface area contributed by atoms with Crippen LogP contribution in [0.3, 0.4) is 0 Å². The molecule has 3 aliphatic rings. The number of morpholine rings is 1. The summed E-state index contributed by atoms with van der Waals surface area (Å²) >= 11 is 7.62. The lowest BCUT2D eigenvalue weighted by atomic mass is 9.97. The van der Waals surface area contributed by atoms with E-state index in [2.05, 4.69) is 53.1 Å². The van der Waals surface area contributed by atoms with Crippen LogP contribution >= 0.6 is 23.4 Å². The predicted octanol–water partition coefficient (Wildman–Crippen LogP) is 7.51. The molecule has 8 rings (SSSR count). The highest BCUT2D eigenvalue weighted by Crippen LogP contribution is 2.37. The fourth-order valence-electron chi connectivity index (χ4n) is 8.64. The van der Waals surface area contributed by atoms with Crippen LogP contribution in [0.4, 0.5) is 24.8 Å². The van der Waals surface area contributed by atoms with Crippen molar-refractivity contribution in [1.29, 1.82) is 0 Å². The summed E-state index contributed by atoms with van der Waals surface area (Å²) in [6.45, 7) is 7.43. The van der Waals surface area contributed by atoms with E-state index in [4.69, 9.17) is 16.3 Å². The average Bonchev–Trinajstić information content (AvgIpc) is 3.54. The van der Waals surface area contributed by atoms with Gasteiger partial charge in [0.2, 0.25) is 5.95 Å². The Morgan fingerprint density at radius 1 is 0.815 bits per heavy atom. The van der Waals surface area contributed by atoms with Crippen LogP contribution in [0, 0.1) is 0 Å². The zero-order valence-corrected chi connectivity index (χ0v) is 38.9. The number of halogens is 4. The number of nitrogens with zero attached hydrogens (tertiary/aromatic N) is 6. The molecule has 0 aliphatic carbocycles. The zero-order chi connectivity index (χ0) is 45.6. The molecule has 65 heavy (non-hydrogen) atoms. The Balaban J connectivity index is 0.936. The molecule has 1 atom stereocenters. The first kappa shape index (κ1) is 47.3. The molecule has 0 spiro atoms. The summed E-state index contributed by atoms with van der Waals surface area (Å²) in [5.41, 5.74) is -2.48. The summed E-state index contributed by atoms with van der Waals surface area (Å²) in [7, 11) is -10.6. The summed E-state index contributed by atoms with van der Waals surface area (Å²) in [6, 6.07) is 28.4. The van der Waals surface area contributed by atoms with Gasteiger partial charge < -0.3 is 10.1 Å². The first-order chi connectivity index (χ1) is 31.2. The van der Waals surface area contributed by atoms with Gasteiger partial charge in [0.15, 0.2) is 0 Å². The lowest BCUT2D eigenvalue weighted by molar-refractivity contribution is -0.0435. The molecular formula is C45H52ClF3N8O5S3. The smallest absolute Gasteiger partial charge is 0.380 e. The first-order valence-corrected chi connectivity index (χ1v) is 26.0. The Kier molecular flexibility index (Phi) is 15.1. The molecule has 13 nitrogen and oxygen atoms in total. The average molecular weight is 974 g/mol. The number of sulfone groups is 1. The van der Waals surface area contributed by atoms with E-state index in [9.17, 15) is 30.0 Å². The molecule has 0 radical (unpaired) electrons. The van der Waals surface area contributed by atoms with E-state index < -0.39 is 41.2 Å². The van der Waals surface area contributed by atoms with Gasteiger partial charge in [0.25, 0.3) is 19.9 Å². The molecule has 0 saturated carbocycles. The van der Waals surface area contributed by atoms with Gasteiger partial charge in [-0.05, 0) is 91.5 Å². The number of ether oxygens (including phenoxy) is 1. The largest absolute Gasteiger partial charge is 0.501 e. The van der Waals surface area contributed by atoms with Crippen LogP contribution in [0.2, 0.25) is 5.02 Å². The molecule has 2 fully saturated rings. The minimum absolute atomic E-state index is 0.0976. The third-order valence-corrected chi connectivity index (χ3v) is 16.5. The van der Waals surface area contributed by atoms with Crippen LogP contribution in [0.15, 0.2) is 112 Å². The lowest BCUT2D eigenvalue weighted by Gasteiger charge is -2.38. The zero-order valence-electron chi connectivity index (χ0n) is 35.7. The van der Waals surface area contributed by atoms with Crippen molar-refractivity contribution in [1.82, 2.24) is 29.5 Å². The van der Waals surface area contributed by atoms with E-state index in [1.54, 1.807) is 4.57 Å². The minimum atomic E-state index is -6.00. The summed E-state index contributed by atoms with van der Waals surface area (Å²) in [4.78, 5) is 6.14. The summed E-state index contributed by atoms with van der Waals surface area (Å²) in [5, 5.41) is 12.1. The van der Waals surface area contributed by atoms with E-state index in [1.165, 1.54) is 22.9 Å². The van der Waals surface area contributed by atoms with Crippen LogP contribution in [-0.4, -0.2) is 129 Å². The molecule has 348 valence electrons. The second-order valence-corrected chi connectivity index (χ2v) is 21.6. The Bertz CT molecular complexity index is 2610. The van der Waals surface area contributed by atoms with Crippen LogP contribution in [-0.2, 0) is 44.1 Å². The van der Waals surface area contributed by atoms with E-state index in [0.29, 0.717) is 94.0 Å². The molecule has 0 unspecified atom stereocenters. The van der Waals surface area contributed by atoms with Gasteiger partial charge >= 0.3 is 5.51 Å². The van der Waals surface area contributed by atoms with Gasteiger partial charge in [0.1, 0.15) is 10.7 Å². The van der Waals surface area contributed by atoms with Crippen LogP contribution < -0.4 is 10.0 Å². The molecule has 2 N–H and O–H groups in total. The van der Waals surface area contributed by atoms with E-state index in [1.807, 2.05) is 60.7 Å². The highest BCUT2D eigenvalue weighted by atomic mass is 35.5. The van der Waals surface area contributed by atoms with Crippen molar-refractivity contribution >= 4 is 54.9 Å². The second kappa shape index (κ2) is 20.8. The lowest BCUT2D eigenvalue weighted by Crippen LogP contribution is -2.45. The number of anilines is 2. The van der Waals surface area contributed by atoms with Gasteiger partial charge in [-0.25, -0.2) is 21.6 Å². The Morgan fingerprint density at radius 3 is 2.28 bits per heavy atom. The summed E-state index contributed by atoms with van der Waals surface area (Å²) in [5.74, 6) is 0.870. The number of thioether (sulfide) groups is 1. The number of sulfonamides is 1. The predicted molar refractivity (Wildman–Crippen MR) is 247 cm³/mol. The number of rotatable bonds is 16. The standard InChI is InChI=1S/C45H52ClF3N8O5S3/c46-35-12-10-33(11-13-35)40-9-5-4-6-34(40)31-55-21-17-37(18-22-55)56-23-19-43-51-52-44(57(43)25-24-56)53-65(60,61)39-14-15-41(42(30-39)64(58,59)45(47,48)49)50-36(16-20-54-26-28-62-29-27-54)32-63-38-7-2-1-3-8-38/h1-15,30,36-37,50H,16-29,31-32H2,(H,52,53)/t36-/m1/s1. The summed E-state index contributed by atoms with van der Waals surface area (Å²) in [6.07, 6.45) is 2.89. The van der Waals surface area contributed by atoms with Crippen molar-refractivity contribution in [3.05, 3.63) is 113 Å². The van der Waals surface area contributed by atoms with Crippen LogP contribution in [0.5, 0.6) is 0 Å². The van der Waals surface area contributed by atoms with Gasteiger partial charge in [-0.15, -0.1) is 22.0 Å². The quantitative estimate of drug-likeness (QED) is 0.0946. The number of fused-ring (bicyclic) bond motifs is 1. The Morgan fingerprint density at radius 2 is 1.54 bits per heavy atom. The summed E-state index contributed by atoms with van der Waals surface area (Å²) < 4.78 is 107. The van der Waals surface area contributed by atoms with Gasteiger partial charge in [0.05, 0.1) is 23.8 Å². The van der Waals surface area contributed by atoms with Gasteiger partial charge in [-0.2, -0.15) is 13.2 Å². The van der Waals surface area contributed by atoms with Crippen LogP contribution in [0.25, 0.3) is 11.1 Å². The Labute approximate surface area is 387 Å². The topological polar surface area (TPSA) is 142 Å². The van der Waals surface area contributed by atoms with Crippen molar-refractivity contribution in [2.75, 3.05) is 74.8 Å². The number of alkyl halides is 3. The maximum absolute atomic E-state index is 14.3. The Hall–Kier alpha value is -4.21. The second-order valence-electron chi connectivity index (χ2n) is 16.5. The fraction of sp³-hybridized carbons (Fsp3) is 0.422. The van der Waals surface area contributed by atoms with Gasteiger partial charge in [0, 0.05) is 80.0 Å². The van der Waals surface area contributed by atoms with Crippen molar-refractivity contribution in [2.24, 2.45) is 0 Å². The highest BCUT2D eigenvalue weighted by molar-refractivity contribution is 7.99. The van der Waals surface area contributed by atoms with Crippen molar-refractivity contribution in [2.45, 2.75) is 71.1 Å². The van der Waals surface area contributed by atoms with Crippen LogP contribution in [0.1, 0.15) is 30.7 Å². The number of piperidine rings is 1. The molecule has 4 heterocycles. The highest BCUT2D eigenvalue weighted by Gasteiger charge is 2.48. The maximum atomic E-state index is 14.3. The number of benzene rings is 4. The number of likely N-dealkylation sites (tertiary alicyclic amines) is 1. The number of nitrogens with one attached hydrogen (secondary N) is 2. The third-order valence-electron chi connectivity index (χ3n) is 12.2. The fourth-order valence-corrected chi connectivity index (χ4v) is 11.8. The maximum Gasteiger partial charge on any atom is 0.501 e. The normalized spacial score (nSPS) is 17.9. The molecule has 0 bridgehead atoms.